The maximum Gasteiger partial charge on any atom is 0.511 e. The molecule has 0 aromatic carbocycles. The molecule has 1 saturated carbocycles. The van der Waals surface area contributed by atoms with Crippen LogP contribution in [-0.4, -0.2) is 31.1 Å². The van der Waals surface area contributed by atoms with Crippen LogP contribution in [0.25, 0.3) is 0 Å². The Bertz CT molecular complexity index is 329. The predicted molar refractivity (Wildman–Crippen MR) is 80.0 cm³/mol. The van der Waals surface area contributed by atoms with Crippen molar-refractivity contribution >= 4 is 24.5 Å². The van der Waals surface area contributed by atoms with Crippen molar-refractivity contribution in [1.29, 1.82) is 0 Å². The fraction of sp³-hybridized carbons (Fsp3) is 0.857. The quantitative estimate of drug-likeness (QED) is 0.618. The molecule has 0 aromatic rings. The lowest BCUT2D eigenvalue weighted by Crippen LogP contribution is -2.30. The van der Waals surface area contributed by atoms with E-state index in [2.05, 4.69) is 0 Å². The van der Waals surface area contributed by atoms with Crippen LogP contribution >= 0.6 is 12.4 Å². The van der Waals surface area contributed by atoms with E-state index in [1.807, 2.05) is 0 Å². The van der Waals surface area contributed by atoms with Crippen LogP contribution in [0.4, 0.5) is 4.79 Å². The van der Waals surface area contributed by atoms with Crippen molar-refractivity contribution < 1.29 is 23.8 Å². The molecule has 1 fully saturated rings. The minimum atomic E-state index is -0.930. The van der Waals surface area contributed by atoms with Gasteiger partial charge in [-0.25, -0.2) is 4.79 Å². The third kappa shape index (κ3) is 7.52. The summed E-state index contributed by atoms with van der Waals surface area (Å²) in [5.74, 6) is 0.0732. The van der Waals surface area contributed by atoms with Crippen LogP contribution in [0.15, 0.2) is 0 Å². The number of rotatable bonds is 5. The topological polar surface area (TPSA) is 87.9 Å². The third-order valence-corrected chi connectivity index (χ3v) is 3.39. The summed E-state index contributed by atoms with van der Waals surface area (Å²) >= 11 is 0. The van der Waals surface area contributed by atoms with Crippen molar-refractivity contribution in [1.82, 2.24) is 0 Å². The normalized spacial score (nSPS) is 22.9. The Labute approximate surface area is 132 Å². The molecular weight excluding hydrogens is 298 g/mol. The fourth-order valence-corrected chi connectivity index (χ4v) is 2.27. The Kier molecular flexibility index (Phi) is 9.37. The summed E-state index contributed by atoms with van der Waals surface area (Å²) < 4.78 is 14.8. The van der Waals surface area contributed by atoms with Gasteiger partial charge in [-0.1, -0.05) is 0 Å². The van der Waals surface area contributed by atoms with E-state index < -0.39 is 12.4 Å². The smallest absolute Gasteiger partial charge is 0.431 e. The van der Waals surface area contributed by atoms with Crippen molar-refractivity contribution in [2.24, 2.45) is 17.6 Å². The highest BCUT2D eigenvalue weighted by Gasteiger charge is 2.28. The molecule has 6 nitrogen and oxygen atoms in total. The molecule has 1 aliphatic carbocycles. The first-order chi connectivity index (χ1) is 9.42. The van der Waals surface area contributed by atoms with Crippen molar-refractivity contribution in [3.63, 3.8) is 0 Å². The lowest BCUT2D eigenvalue weighted by atomic mass is 9.82. The summed E-state index contributed by atoms with van der Waals surface area (Å²) in [4.78, 5) is 23.2. The van der Waals surface area contributed by atoms with Gasteiger partial charge in [-0.3, -0.25) is 4.79 Å². The molecule has 0 heterocycles. The zero-order valence-electron chi connectivity index (χ0n) is 12.9. The summed E-state index contributed by atoms with van der Waals surface area (Å²) in [5, 5.41) is 0. The van der Waals surface area contributed by atoms with E-state index in [0.717, 1.165) is 25.7 Å². The van der Waals surface area contributed by atoms with Crippen molar-refractivity contribution in [3.8, 4) is 0 Å². The summed E-state index contributed by atoms with van der Waals surface area (Å²) in [6.45, 7) is 5.61. The van der Waals surface area contributed by atoms with E-state index in [0.29, 0.717) is 12.5 Å². The van der Waals surface area contributed by atoms with Gasteiger partial charge in [0.1, 0.15) is 0 Å². The molecule has 0 amide bonds. The second kappa shape index (κ2) is 9.84. The molecule has 1 unspecified atom stereocenters. The van der Waals surface area contributed by atoms with Crippen LogP contribution in [0, 0.1) is 11.8 Å². The maximum atomic E-state index is 11.9. The lowest BCUT2D eigenvalue weighted by Gasteiger charge is -2.27. The van der Waals surface area contributed by atoms with E-state index in [1.165, 1.54) is 6.92 Å². The SMILES string of the molecule is CC(C)OC(=O)OC(C)OC(=O)[C@H]1CC[C@H](CN)CC1.Cl. The molecule has 7 heteroatoms. The van der Waals surface area contributed by atoms with Crippen LogP contribution in [0.5, 0.6) is 0 Å². The second-order valence-corrected chi connectivity index (χ2v) is 5.49. The highest BCUT2D eigenvalue weighted by molar-refractivity contribution is 5.85. The van der Waals surface area contributed by atoms with Crippen LogP contribution < -0.4 is 5.73 Å². The molecule has 1 rings (SSSR count). The first kappa shape index (κ1) is 20.0. The Morgan fingerprint density at radius 1 is 1.05 bits per heavy atom. The average Bonchev–Trinajstić information content (AvgIpc) is 2.37. The largest absolute Gasteiger partial charge is 0.511 e. The first-order valence-electron chi connectivity index (χ1n) is 7.20. The summed E-state index contributed by atoms with van der Waals surface area (Å²) in [7, 11) is 0. The van der Waals surface area contributed by atoms with Gasteiger partial charge in [0.15, 0.2) is 0 Å². The van der Waals surface area contributed by atoms with Crippen molar-refractivity contribution in [2.45, 2.75) is 58.8 Å². The van der Waals surface area contributed by atoms with Crippen LogP contribution in [0.1, 0.15) is 46.5 Å². The van der Waals surface area contributed by atoms with E-state index in [9.17, 15) is 9.59 Å². The van der Waals surface area contributed by atoms with Crippen LogP contribution in [-0.2, 0) is 19.0 Å². The highest BCUT2D eigenvalue weighted by Crippen LogP contribution is 2.29. The van der Waals surface area contributed by atoms with Gasteiger partial charge in [-0.15, -0.1) is 12.4 Å². The predicted octanol–water partition coefficient (Wildman–Crippen LogP) is 2.62. The zero-order chi connectivity index (χ0) is 15.1. The maximum absolute atomic E-state index is 11.9. The number of carbonyl (C=O) groups is 2. The van der Waals surface area contributed by atoms with E-state index in [4.69, 9.17) is 19.9 Å². The van der Waals surface area contributed by atoms with Gasteiger partial charge >= 0.3 is 12.1 Å². The van der Waals surface area contributed by atoms with Gasteiger partial charge in [-0.2, -0.15) is 0 Å². The number of nitrogens with two attached hydrogens (primary N) is 1. The molecule has 21 heavy (non-hydrogen) atoms. The minimum Gasteiger partial charge on any atom is -0.431 e. The number of hydrogen-bond acceptors (Lipinski definition) is 6. The van der Waals surface area contributed by atoms with Crippen molar-refractivity contribution in [3.05, 3.63) is 0 Å². The number of carbonyl (C=O) groups excluding carboxylic acids is 2. The van der Waals surface area contributed by atoms with E-state index in [-0.39, 0.29) is 30.4 Å². The monoisotopic (exact) mass is 323 g/mol. The Hall–Kier alpha value is -1.01. The van der Waals surface area contributed by atoms with Gasteiger partial charge in [0.25, 0.3) is 0 Å². The molecule has 0 aromatic heterocycles. The molecule has 0 saturated heterocycles. The Balaban J connectivity index is 0.00000400. The molecule has 0 spiro atoms. The summed E-state index contributed by atoms with van der Waals surface area (Å²) in [6.07, 6.45) is 1.43. The van der Waals surface area contributed by atoms with E-state index >= 15 is 0 Å². The second-order valence-electron chi connectivity index (χ2n) is 5.49. The van der Waals surface area contributed by atoms with Gasteiger partial charge in [-0.05, 0) is 52.0 Å². The third-order valence-electron chi connectivity index (χ3n) is 3.39. The molecule has 0 radical (unpaired) electrons. The highest BCUT2D eigenvalue weighted by atomic mass is 35.5. The number of esters is 1. The average molecular weight is 324 g/mol. The van der Waals surface area contributed by atoms with E-state index in [1.54, 1.807) is 13.8 Å². The molecule has 0 bridgehead atoms. The lowest BCUT2D eigenvalue weighted by molar-refractivity contribution is -0.174. The molecule has 1 atom stereocenters. The summed E-state index contributed by atoms with van der Waals surface area (Å²) in [6, 6.07) is 0. The van der Waals surface area contributed by atoms with Gasteiger partial charge in [0.2, 0.25) is 6.29 Å². The molecule has 124 valence electrons. The fourth-order valence-electron chi connectivity index (χ4n) is 2.27. The van der Waals surface area contributed by atoms with Crippen LogP contribution in [0.2, 0.25) is 0 Å². The van der Waals surface area contributed by atoms with Gasteiger partial charge in [0.05, 0.1) is 12.0 Å². The number of halogens is 1. The molecule has 2 N–H and O–H groups in total. The molecule has 0 aliphatic heterocycles. The van der Waals surface area contributed by atoms with Crippen LogP contribution in [0.3, 0.4) is 0 Å². The Morgan fingerprint density at radius 3 is 2.10 bits per heavy atom. The molecule has 1 aliphatic rings. The van der Waals surface area contributed by atoms with Crippen molar-refractivity contribution in [2.75, 3.05) is 6.54 Å². The Morgan fingerprint density at radius 2 is 1.62 bits per heavy atom. The van der Waals surface area contributed by atoms with Gasteiger partial charge < -0.3 is 19.9 Å². The number of ether oxygens (including phenoxy) is 3. The molecular formula is C14H26ClNO5. The van der Waals surface area contributed by atoms with Gasteiger partial charge in [0, 0.05) is 6.92 Å². The summed E-state index contributed by atoms with van der Waals surface area (Å²) in [5.41, 5.74) is 5.61. The first-order valence-corrected chi connectivity index (χ1v) is 7.20. The minimum absolute atomic E-state index is 0. The number of hydrogen-bond donors (Lipinski definition) is 1. The zero-order valence-corrected chi connectivity index (χ0v) is 13.7. The standard InChI is InChI=1S/C14H25NO5.ClH/c1-9(2)18-14(17)20-10(3)19-13(16)12-6-4-11(8-15)5-7-12;/h9-12H,4-8,15H2,1-3H3;1H/t10?,11-,12-;.